The fraction of sp³-hybridized carbons (Fsp3) is 0.133. The first kappa shape index (κ1) is 13.6. The topological polar surface area (TPSA) is 59.1 Å². The molecule has 0 saturated carbocycles. The highest BCUT2D eigenvalue weighted by molar-refractivity contribution is 9.10. The Bertz CT molecular complexity index is 594. The summed E-state index contributed by atoms with van der Waals surface area (Å²) in [5.41, 5.74) is 7.42. The molecule has 0 radical (unpaired) electrons. The van der Waals surface area contributed by atoms with Crippen molar-refractivity contribution in [2.75, 3.05) is 0 Å². The van der Waals surface area contributed by atoms with E-state index in [1.165, 1.54) is 5.56 Å². The van der Waals surface area contributed by atoms with Crippen molar-refractivity contribution in [1.29, 1.82) is 5.41 Å². The van der Waals surface area contributed by atoms with E-state index in [9.17, 15) is 0 Å². The summed E-state index contributed by atoms with van der Waals surface area (Å²) >= 11 is 3.38. The van der Waals surface area contributed by atoms with Crippen molar-refractivity contribution < 1.29 is 4.74 Å². The van der Waals surface area contributed by atoms with Gasteiger partial charge in [-0.3, -0.25) is 5.41 Å². The molecule has 0 fully saturated rings. The van der Waals surface area contributed by atoms with Crippen molar-refractivity contribution in [3.8, 4) is 11.5 Å². The maximum atomic E-state index is 7.61. The Morgan fingerprint density at radius 3 is 2.47 bits per heavy atom. The molecule has 2 rings (SSSR count). The number of nitrogen functional groups attached to an aromatic ring is 1. The normalized spacial score (nSPS) is 10.2. The molecule has 4 heteroatoms. The van der Waals surface area contributed by atoms with Crippen molar-refractivity contribution in [3.05, 3.63) is 58.1 Å². The Balaban J connectivity index is 2.32. The molecule has 0 saturated heterocycles. The summed E-state index contributed by atoms with van der Waals surface area (Å²) in [5.74, 6) is 1.29. The SMILES string of the molecule is CCc1ccc(Oc2cccc(Br)c2C(=N)N)cc1. The average molecular weight is 319 g/mol. The zero-order valence-corrected chi connectivity index (χ0v) is 12.2. The van der Waals surface area contributed by atoms with Gasteiger partial charge >= 0.3 is 0 Å². The van der Waals surface area contributed by atoms with Crippen LogP contribution in [0.4, 0.5) is 0 Å². The highest BCUT2D eigenvalue weighted by Crippen LogP contribution is 2.30. The number of hydrogen-bond donors (Lipinski definition) is 2. The molecule has 0 aromatic heterocycles. The minimum atomic E-state index is -0.0207. The Kier molecular flexibility index (Phi) is 4.22. The van der Waals surface area contributed by atoms with Gasteiger partial charge in [0, 0.05) is 4.47 Å². The number of ether oxygens (including phenoxy) is 1. The van der Waals surface area contributed by atoms with Gasteiger partial charge in [-0.25, -0.2) is 0 Å². The van der Waals surface area contributed by atoms with E-state index in [1.54, 1.807) is 6.07 Å². The summed E-state index contributed by atoms with van der Waals surface area (Å²) in [4.78, 5) is 0. The zero-order valence-electron chi connectivity index (χ0n) is 10.6. The van der Waals surface area contributed by atoms with Crippen LogP contribution in [0.3, 0.4) is 0 Å². The minimum Gasteiger partial charge on any atom is -0.457 e. The van der Waals surface area contributed by atoms with Crippen LogP contribution < -0.4 is 10.5 Å². The Labute approximate surface area is 121 Å². The van der Waals surface area contributed by atoms with Gasteiger partial charge in [0.1, 0.15) is 17.3 Å². The molecule has 0 spiro atoms. The van der Waals surface area contributed by atoms with Gasteiger partial charge < -0.3 is 10.5 Å². The standard InChI is InChI=1S/C15H15BrN2O/c1-2-10-6-8-11(9-7-10)19-13-5-3-4-12(16)14(13)15(17)18/h3-9H,2H2,1H3,(H3,17,18). The summed E-state index contributed by atoms with van der Waals surface area (Å²) in [5, 5.41) is 7.61. The predicted octanol–water partition coefficient (Wildman–Crippen LogP) is 4.09. The molecule has 19 heavy (non-hydrogen) atoms. The van der Waals surface area contributed by atoms with Crippen LogP contribution in [-0.4, -0.2) is 5.84 Å². The van der Waals surface area contributed by atoms with Crippen LogP contribution in [0.25, 0.3) is 0 Å². The van der Waals surface area contributed by atoms with Crippen molar-refractivity contribution in [1.82, 2.24) is 0 Å². The number of nitrogens with one attached hydrogen (secondary N) is 1. The molecule has 0 amide bonds. The molecule has 0 unspecified atom stereocenters. The maximum absolute atomic E-state index is 7.61. The monoisotopic (exact) mass is 318 g/mol. The lowest BCUT2D eigenvalue weighted by Gasteiger charge is -2.12. The number of rotatable bonds is 4. The lowest BCUT2D eigenvalue weighted by Crippen LogP contribution is -2.13. The number of hydrogen-bond acceptors (Lipinski definition) is 2. The second kappa shape index (κ2) is 5.89. The molecule has 0 aliphatic heterocycles. The fourth-order valence-corrected chi connectivity index (χ4v) is 2.33. The van der Waals surface area contributed by atoms with E-state index < -0.39 is 0 Å². The molecular weight excluding hydrogens is 304 g/mol. The van der Waals surface area contributed by atoms with E-state index in [2.05, 4.69) is 22.9 Å². The second-order valence-corrected chi connectivity index (χ2v) is 4.98. The van der Waals surface area contributed by atoms with Crippen molar-refractivity contribution >= 4 is 21.8 Å². The lowest BCUT2D eigenvalue weighted by atomic mass is 10.1. The van der Waals surface area contributed by atoms with Gasteiger partial charge in [-0.05, 0) is 52.2 Å². The first-order chi connectivity index (χ1) is 9.11. The third kappa shape index (κ3) is 3.15. The highest BCUT2D eigenvalue weighted by atomic mass is 79.9. The lowest BCUT2D eigenvalue weighted by molar-refractivity contribution is 0.481. The first-order valence-electron chi connectivity index (χ1n) is 6.01. The van der Waals surface area contributed by atoms with Gasteiger partial charge in [-0.1, -0.05) is 25.1 Å². The molecule has 0 aliphatic rings. The number of benzene rings is 2. The average Bonchev–Trinajstić information content (AvgIpc) is 2.39. The second-order valence-electron chi connectivity index (χ2n) is 4.13. The van der Waals surface area contributed by atoms with E-state index >= 15 is 0 Å². The molecule has 0 heterocycles. The van der Waals surface area contributed by atoms with Gasteiger partial charge in [0.25, 0.3) is 0 Å². The molecule has 0 atom stereocenters. The minimum absolute atomic E-state index is 0.0207. The summed E-state index contributed by atoms with van der Waals surface area (Å²) in [6.45, 7) is 2.11. The molecular formula is C15H15BrN2O. The van der Waals surface area contributed by atoms with E-state index in [-0.39, 0.29) is 5.84 Å². The number of nitrogens with two attached hydrogens (primary N) is 1. The highest BCUT2D eigenvalue weighted by Gasteiger charge is 2.11. The van der Waals surface area contributed by atoms with Gasteiger partial charge in [0.2, 0.25) is 0 Å². The Morgan fingerprint density at radius 2 is 1.89 bits per heavy atom. The third-order valence-electron chi connectivity index (χ3n) is 2.80. The van der Waals surface area contributed by atoms with E-state index in [4.69, 9.17) is 15.9 Å². The van der Waals surface area contributed by atoms with E-state index in [0.717, 1.165) is 16.6 Å². The largest absolute Gasteiger partial charge is 0.457 e. The van der Waals surface area contributed by atoms with Crippen LogP contribution in [0, 0.1) is 5.41 Å². The first-order valence-corrected chi connectivity index (χ1v) is 6.80. The number of amidine groups is 1. The van der Waals surface area contributed by atoms with Gasteiger partial charge in [0.05, 0.1) is 5.56 Å². The smallest absolute Gasteiger partial charge is 0.139 e. The zero-order chi connectivity index (χ0) is 13.8. The molecule has 2 aromatic carbocycles. The van der Waals surface area contributed by atoms with Gasteiger partial charge in [-0.2, -0.15) is 0 Å². The van der Waals surface area contributed by atoms with E-state index in [1.807, 2.05) is 36.4 Å². The summed E-state index contributed by atoms with van der Waals surface area (Å²) in [6, 6.07) is 13.4. The molecule has 2 aromatic rings. The Morgan fingerprint density at radius 1 is 1.21 bits per heavy atom. The van der Waals surface area contributed by atoms with Crippen molar-refractivity contribution in [3.63, 3.8) is 0 Å². The fourth-order valence-electron chi connectivity index (χ4n) is 1.77. The summed E-state index contributed by atoms with van der Waals surface area (Å²) in [7, 11) is 0. The quantitative estimate of drug-likeness (QED) is 0.659. The number of aryl methyl sites for hydroxylation is 1. The van der Waals surface area contributed by atoms with Crippen LogP contribution >= 0.6 is 15.9 Å². The molecule has 0 aliphatic carbocycles. The maximum Gasteiger partial charge on any atom is 0.139 e. The molecule has 3 N–H and O–H groups in total. The molecule has 3 nitrogen and oxygen atoms in total. The van der Waals surface area contributed by atoms with Crippen LogP contribution in [0.2, 0.25) is 0 Å². The van der Waals surface area contributed by atoms with Crippen molar-refractivity contribution in [2.24, 2.45) is 5.73 Å². The van der Waals surface area contributed by atoms with Crippen LogP contribution in [0.15, 0.2) is 46.9 Å². The van der Waals surface area contributed by atoms with Gasteiger partial charge in [-0.15, -0.1) is 0 Å². The summed E-state index contributed by atoms with van der Waals surface area (Å²) < 4.78 is 6.55. The predicted molar refractivity (Wildman–Crippen MR) is 81.1 cm³/mol. The number of halogens is 1. The van der Waals surface area contributed by atoms with Crippen LogP contribution in [0.1, 0.15) is 18.1 Å². The molecule has 0 bridgehead atoms. The summed E-state index contributed by atoms with van der Waals surface area (Å²) in [6.07, 6.45) is 0.996. The van der Waals surface area contributed by atoms with Crippen LogP contribution in [-0.2, 0) is 6.42 Å². The Hall–Kier alpha value is -1.81. The van der Waals surface area contributed by atoms with Gasteiger partial charge in [0.15, 0.2) is 0 Å². The molecule has 98 valence electrons. The van der Waals surface area contributed by atoms with Crippen LogP contribution in [0.5, 0.6) is 11.5 Å². The van der Waals surface area contributed by atoms with Crippen molar-refractivity contribution in [2.45, 2.75) is 13.3 Å². The third-order valence-corrected chi connectivity index (χ3v) is 3.46. The van der Waals surface area contributed by atoms with E-state index in [0.29, 0.717) is 11.3 Å².